The minimum absolute atomic E-state index is 0.0450. The lowest BCUT2D eigenvalue weighted by Gasteiger charge is -2.09. The molecule has 9 heteroatoms. The quantitative estimate of drug-likeness (QED) is 0.490. The molecule has 0 aliphatic rings. The number of rotatable bonds is 3. The molecule has 0 saturated carbocycles. The van der Waals surface area contributed by atoms with Gasteiger partial charge in [-0.1, -0.05) is 0 Å². The molecule has 3 N–H and O–H groups in total. The Morgan fingerprint density at radius 2 is 1.72 bits per heavy atom. The van der Waals surface area contributed by atoms with Crippen molar-refractivity contribution in [3.63, 3.8) is 0 Å². The van der Waals surface area contributed by atoms with E-state index in [1.54, 1.807) is 0 Å². The van der Waals surface area contributed by atoms with E-state index in [1.807, 2.05) is 0 Å². The first-order valence-electron chi connectivity index (χ1n) is 7.26. The van der Waals surface area contributed by atoms with Crippen molar-refractivity contribution >= 4 is 33.6 Å². The first-order chi connectivity index (χ1) is 12.0. The van der Waals surface area contributed by atoms with Gasteiger partial charge in [0, 0.05) is 36.8 Å². The summed E-state index contributed by atoms with van der Waals surface area (Å²) in [4.78, 5) is 6.84. The van der Waals surface area contributed by atoms with E-state index in [2.05, 4.69) is 20.7 Å². The van der Waals surface area contributed by atoms with Gasteiger partial charge in [0.05, 0.1) is 16.7 Å². The molecular formula is C16H11F4N5. The highest BCUT2D eigenvalue weighted by Crippen LogP contribution is 2.30. The molecule has 2 aromatic heterocycles. The molecule has 2 heterocycles. The van der Waals surface area contributed by atoms with Crippen LogP contribution in [0.15, 0.2) is 30.5 Å². The van der Waals surface area contributed by atoms with Crippen LogP contribution in [0.4, 0.5) is 29.2 Å². The van der Waals surface area contributed by atoms with Crippen molar-refractivity contribution in [1.82, 2.24) is 14.6 Å². The van der Waals surface area contributed by atoms with Gasteiger partial charge in [-0.2, -0.15) is 0 Å². The van der Waals surface area contributed by atoms with E-state index in [-0.39, 0.29) is 27.9 Å². The lowest BCUT2D eigenvalue weighted by molar-refractivity contribution is 0.588. The molecule has 128 valence electrons. The molecule has 4 aromatic rings. The monoisotopic (exact) mass is 349 g/mol. The summed E-state index contributed by atoms with van der Waals surface area (Å²) in [6.45, 7) is 0. The number of anilines is 2. The maximum atomic E-state index is 14.1. The number of H-pyrrole nitrogens is 1. The molecule has 25 heavy (non-hydrogen) atoms. The molecule has 0 fully saturated rings. The standard InChI is InChI=1S/C16H11F4N5/c1-21-25-15-11(20)4-8(18)5-12(15)23-16(25)24-13-6-22-14-9(13)2-7(17)3-10(14)19/h2-6,21-22H,1H3,(H,23,24). The average molecular weight is 349 g/mol. The molecule has 4 rings (SSSR count). The molecule has 0 bridgehead atoms. The molecule has 0 atom stereocenters. The first kappa shape index (κ1) is 15.3. The summed E-state index contributed by atoms with van der Waals surface area (Å²) in [5.41, 5.74) is 3.32. The number of nitrogens with zero attached hydrogens (tertiary/aromatic N) is 2. The number of fused-ring (bicyclic) bond motifs is 2. The fraction of sp³-hybridized carbons (Fsp3) is 0.0625. The number of hydrogen-bond donors (Lipinski definition) is 3. The molecule has 0 saturated heterocycles. The van der Waals surface area contributed by atoms with Crippen molar-refractivity contribution < 1.29 is 17.6 Å². The van der Waals surface area contributed by atoms with Crippen molar-refractivity contribution in [1.29, 1.82) is 0 Å². The third kappa shape index (κ3) is 2.35. The minimum atomic E-state index is -0.791. The summed E-state index contributed by atoms with van der Waals surface area (Å²) in [6.07, 6.45) is 1.43. The molecule has 0 unspecified atom stereocenters. The summed E-state index contributed by atoms with van der Waals surface area (Å²) >= 11 is 0. The van der Waals surface area contributed by atoms with E-state index in [9.17, 15) is 17.6 Å². The van der Waals surface area contributed by atoms with Gasteiger partial charge >= 0.3 is 0 Å². The van der Waals surface area contributed by atoms with Gasteiger partial charge in [-0.25, -0.2) is 27.2 Å². The highest BCUT2D eigenvalue weighted by molar-refractivity contribution is 5.94. The molecule has 0 radical (unpaired) electrons. The van der Waals surface area contributed by atoms with Crippen LogP contribution in [0.2, 0.25) is 0 Å². The summed E-state index contributed by atoms with van der Waals surface area (Å²) in [6, 6.07) is 3.76. The number of benzene rings is 2. The van der Waals surface area contributed by atoms with Crippen LogP contribution in [0.5, 0.6) is 0 Å². The third-order valence-corrected chi connectivity index (χ3v) is 3.85. The number of imidazole rings is 1. The Bertz CT molecular complexity index is 1120. The van der Waals surface area contributed by atoms with Crippen LogP contribution in [0, 0.1) is 23.3 Å². The van der Waals surface area contributed by atoms with E-state index in [0.717, 1.165) is 24.3 Å². The Morgan fingerprint density at radius 1 is 1.00 bits per heavy atom. The summed E-state index contributed by atoms with van der Waals surface area (Å²) in [5, 5.41) is 3.14. The van der Waals surface area contributed by atoms with Gasteiger partial charge < -0.3 is 15.7 Å². The lowest BCUT2D eigenvalue weighted by atomic mass is 10.2. The van der Waals surface area contributed by atoms with Crippen molar-refractivity contribution in [3.8, 4) is 0 Å². The van der Waals surface area contributed by atoms with Gasteiger partial charge in [0.25, 0.3) is 0 Å². The van der Waals surface area contributed by atoms with Gasteiger partial charge in [0.15, 0.2) is 5.82 Å². The van der Waals surface area contributed by atoms with Gasteiger partial charge in [-0.15, -0.1) is 0 Å². The highest BCUT2D eigenvalue weighted by atomic mass is 19.1. The fourth-order valence-electron chi connectivity index (χ4n) is 2.81. The van der Waals surface area contributed by atoms with E-state index in [4.69, 9.17) is 0 Å². The summed E-state index contributed by atoms with van der Waals surface area (Å²) in [7, 11) is 1.53. The number of halogens is 4. The molecule has 0 amide bonds. The van der Waals surface area contributed by atoms with Crippen LogP contribution in [0.25, 0.3) is 21.9 Å². The second-order valence-electron chi connectivity index (χ2n) is 5.39. The van der Waals surface area contributed by atoms with Crippen LogP contribution < -0.4 is 10.7 Å². The number of nitrogens with one attached hydrogen (secondary N) is 3. The van der Waals surface area contributed by atoms with Crippen molar-refractivity contribution in [2.45, 2.75) is 0 Å². The number of aromatic amines is 1. The average Bonchev–Trinajstić information content (AvgIpc) is 3.09. The minimum Gasteiger partial charge on any atom is -0.357 e. The van der Waals surface area contributed by atoms with Crippen molar-refractivity contribution in [2.75, 3.05) is 17.8 Å². The smallest absolute Gasteiger partial charge is 0.227 e. The molecule has 2 aromatic carbocycles. The van der Waals surface area contributed by atoms with E-state index >= 15 is 0 Å². The second-order valence-corrected chi connectivity index (χ2v) is 5.39. The summed E-state index contributed by atoms with van der Waals surface area (Å²) < 4.78 is 56.0. The van der Waals surface area contributed by atoms with Gasteiger partial charge in [-0.3, -0.25) is 0 Å². The Balaban J connectivity index is 1.88. The zero-order chi connectivity index (χ0) is 17.7. The second kappa shape index (κ2) is 5.40. The Labute approximate surface area is 138 Å². The Hall–Kier alpha value is -3.23. The molecule has 0 aliphatic heterocycles. The highest BCUT2D eigenvalue weighted by Gasteiger charge is 2.17. The van der Waals surface area contributed by atoms with E-state index in [0.29, 0.717) is 5.69 Å². The van der Waals surface area contributed by atoms with Gasteiger partial charge in [-0.05, 0) is 6.07 Å². The molecular weight excluding hydrogens is 338 g/mol. The predicted octanol–water partition coefficient (Wildman–Crippen LogP) is 3.99. The normalized spacial score (nSPS) is 11.4. The fourth-order valence-corrected chi connectivity index (χ4v) is 2.81. The topological polar surface area (TPSA) is 57.7 Å². The van der Waals surface area contributed by atoms with E-state index in [1.165, 1.54) is 17.9 Å². The van der Waals surface area contributed by atoms with Crippen molar-refractivity contribution in [2.24, 2.45) is 0 Å². The van der Waals surface area contributed by atoms with E-state index < -0.39 is 23.3 Å². The maximum absolute atomic E-state index is 14.1. The Kier molecular flexibility index (Phi) is 3.31. The molecule has 0 aliphatic carbocycles. The zero-order valence-corrected chi connectivity index (χ0v) is 12.8. The number of hydrogen-bond acceptors (Lipinski definition) is 3. The van der Waals surface area contributed by atoms with Crippen LogP contribution in [-0.2, 0) is 0 Å². The lowest BCUT2D eigenvalue weighted by Crippen LogP contribution is -2.12. The molecule has 5 nitrogen and oxygen atoms in total. The Morgan fingerprint density at radius 3 is 2.48 bits per heavy atom. The summed E-state index contributed by atoms with van der Waals surface area (Å²) in [5.74, 6) is -2.89. The molecule has 0 spiro atoms. The van der Waals surface area contributed by atoms with Gasteiger partial charge in [0.1, 0.15) is 23.0 Å². The first-order valence-corrected chi connectivity index (χ1v) is 7.26. The van der Waals surface area contributed by atoms with Crippen molar-refractivity contribution in [3.05, 3.63) is 53.7 Å². The number of aromatic nitrogens is 3. The maximum Gasteiger partial charge on any atom is 0.227 e. The van der Waals surface area contributed by atoms with Crippen LogP contribution in [0.1, 0.15) is 0 Å². The van der Waals surface area contributed by atoms with Crippen LogP contribution in [0.3, 0.4) is 0 Å². The zero-order valence-electron chi connectivity index (χ0n) is 12.8. The van der Waals surface area contributed by atoms with Crippen LogP contribution in [-0.4, -0.2) is 21.7 Å². The third-order valence-electron chi connectivity index (χ3n) is 3.85. The SMILES string of the molecule is CNn1c(Nc2c[nH]c3c(F)cc(F)cc23)nc2cc(F)cc(F)c21. The predicted molar refractivity (Wildman–Crippen MR) is 86.4 cm³/mol. The van der Waals surface area contributed by atoms with Crippen LogP contribution >= 0.6 is 0 Å². The van der Waals surface area contributed by atoms with Gasteiger partial charge in [0.2, 0.25) is 5.95 Å². The largest absolute Gasteiger partial charge is 0.357 e.